The van der Waals surface area contributed by atoms with Gasteiger partial charge >= 0.3 is 0 Å². The second-order valence-corrected chi connectivity index (χ2v) is 8.68. The van der Waals surface area contributed by atoms with Crippen molar-refractivity contribution >= 4 is 16.9 Å². The molecule has 3 heterocycles. The van der Waals surface area contributed by atoms with Crippen LogP contribution in [0.25, 0.3) is 22.4 Å². The van der Waals surface area contributed by atoms with E-state index in [4.69, 9.17) is 14.7 Å². The maximum absolute atomic E-state index is 5.56. The Balaban J connectivity index is 1.73. The minimum Gasteiger partial charge on any atom is -0.378 e. The molecule has 0 radical (unpaired) electrons. The van der Waals surface area contributed by atoms with Crippen molar-refractivity contribution in [2.75, 3.05) is 44.8 Å². The third kappa shape index (κ3) is 4.88. The molecular formula is C24H34N6O. The highest BCUT2D eigenvalue weighted by Gasteiger charge is 2.21. The third-order valence-corrected chi connectivity index (χ3v) is 5.76. The molecule has 1 aromatic carbocycles. The Morgan fingerprint density at radius 3 is 2.71 bits per heavy atom. The standard InChI is InChI=1S/C24H34N6O/c1-5-6-10-28(4)17-19-8-7-9-20(15-19)22-26-23(29-11-13-31-14-12-29)21-16-25-30(18(2)3)24(21)27-22/h7-9,15-16,18H,5-6,10-14,17H2,1-4H3. The quantitative estimate of drug-likeness (QED) is 0.544. The molecule has 0 unspecified atom stereocenters. The van der Waals surface area contributed by atoms with E-state index in [1.165, 1.54) is 18.4 Å². The van der Waals surface area contributed by atoms with Crippen LogP contribution in [0.15, 0.2) is 30.5 Å². The predicted molar refractivity (Wildman–Crippen MR) is 125 cm³/mol. The van der Waals surface area contributed by atoms with Crippen molar-refractivity contribution in [2.45, 2.75) is 46.2 Å². The van der Waals surface area contributed by atoms with Gasteiger partial charge in [-0.15, -0.1) is 0 Å². The van der Waals surface area contributed by atoms with Crippen LogP contribution in [-0.4, -0.2) is 64.5 Å². The Labute approximate surface area is 185 Å². The summed E-state index contributed by atoms with van der Waals surface area (Å²) in [6.07, 6.45) is 4.34. The van der Waals surface area contributed by atoms with Gasteiger partial charge in [-0.2, -0.15) is 5.10 Å². The zero-order valence-corrected chi connectivity index (χ0v) is 19.2. The second kappa shape index (κ2) is 9.75. The average Bonchev–Trinajstić information content (AvgIpc) is 3.22. The largest absolute Gasteiger partial charge is 0.378 e. The highest BCUT2D eigenvalue weighted by atomic mass is 16.5. The van der Waals surface area contributed by atoms with Crippen molar-refractivity contribution in [1.82, 2.24) is 24.6 Å². The Morgan fingerprint density at radius 2 is 1.97 bits per heavy atom. The topological polar surface area (TPSA) is 59.3 Å². The lowest BCUT2D eigenvalue weighted by Gasteiger charge is -2.28. The van der Waals surface area contributed by atoms with Crippen LogP contribution in [0, 0.1) is 0 Å². The number of ether oxygens (including phenoxy) is 1. The summed E-state index contributed by atoms with van der Waals surface area (Å²) in [5.74, 6) is 1.72. The molecule has 0 N–H and O–H groups in total. The molecule has 0 saturated carbocycles. The molecule has 3 aromatic rings. The zero-order chi connectivity index (χ0) is 21.8. The van der Waals surface area contributed by atoms with Crippen molar-refractivity contribution in [3.8, 4) is 11.4 Å². The van der Waals surface area contributed by atoms with Gasteiger partial charge in [-0.3, -0.25) is 0 Å². The van der Waals surface area contributed by atoms with Crippen LogP contribution in [0.4, 0.5) is 5.82 Å². The summed E-state index contributed by atoms with van der Waals surface area (Å²) in [6, 6.07) is 8.86. The van der Waals surface area contributed by atoms with E-state index in [1.54, 1.807) is 0 Å². The molecule has 166 valence electrons. The molecule has 0 amide bonds. The lowest BCUT2D eigenvalue weighted by Crippen LogP contribution is -2.37. The van der Waals surface area contributed by atoms with Gasteiger partial charge in [-0.25, -0.2) is 14.6 Å². The van der Waals surface area contributed by atoms with Crippen molar-refractivity contribution in [3.05, 3.63) is 36.0 Å². The molecule has 7 nitrogen and oxygen atoms in total. The number of benzene rings is 1. The number of hydrogen-bond donors (Lipinski definition) is 0. The van der Waals surface area contributed by atoms with E-state index in [9.17, 15) is 0 Å². The molecule has 0 spiro atoms. The van der Waals surface area contributed by atoms with E-state index in [0.29, 0.717) is 0 Å². The first kappa shape index (κ1) is 21.7. The third-order valence-electron chi connectivity index (χ3n) is 5.76. The number of hydrogen-bond acceptors (Lipinski definition) is 6. The highest BCUT2D eigenvalue weighted by Crippen LogP contribution is 2.29. The van der Waals surface area contributed by atoms with Gasteiger partial charge in [0.15, 0.2) is 11.5 Å². The number of fused-ring (bicyclic) bond motifs is 1. The molecule has 7 heteroatoms. The summed E-state index contributed by atoms with van der Waals surface area (Å²) in [5, 5.41) is 5.63. The lowest BCUT2D eigenvalue weighted by atomic mass is 10.1. The Morgan fingerprint density at radius 1 is 1.16 bits per heavy atom. The molecule has 0 atom stereocenters. The summed E-state index contributed by atoms with van der Waals surface area (Å²) >= 11 is 0. The van der Waals surface area contributed by atoms with E-state index < -0.39 is 0 Å². The maximum Gasteiger partial charge on any atom is 0.164 e. The van der Waals surface area contributed by atoms with Crippen LogP contribution < -0.4 is 4.90 Å². The molecule has 1 saturated heterocycles. The predicted octanol–water partition coefficient (Wildman–Crippen LogP) is 4.14. The molecule has 1 fully saturated rings. The average molecular weight is 423 g/mol. The summed E-state index contributed by atoms with van der Waals surface area (Å²) in [4.78, 5) is 14.7. The number of nitrogens with zero attached hydrogens (tertiary/aromatic N) is 6. The number of rotatable bonds is 8. The zero-order valence-electron chi connectivity index (χ0n) is 19.2. The first-order valence-electron chi connectivity index (χ1n) is 11.4. The van der Waals surface area contributed by atoms with E-state index in [1.807, 2.05) is 10.9 Å². The smallest absolute Gasteiger partial charge is 0.164 e. The molecular weight excluding hydrogens is 388 g/mol. The molecule has 1 aliphatic rings. The van der Waals surface area contributed by atoms with E-state index in [-0.39, 0.29) is 6.04 Å². The van der Waals surface area contributed by atoms with Crippen molar-refractivity contribution in [1.29, 1.82) is 0 Å². The highest BCUT2D eigenvalue weighted by molar-refractivity contribution is 5.89. The molecule has 2 aromatic heterocycles. The number of anilines is 1. The van der Waals surface area contributed by atoms with Crippen LogP contribution in [0.2, 0.25) is 0 Å². The Kier molecular flexibility index (Phi) is 6.83. The lowest BCUT2D eigenvalue weighted by molar-refractivity contribution is 0.122. The first-order valence-corrected chi connectivity index (χ1v) is 11.4. The van der Waals surface area contributed by atoms with Gasteiger partial charge in [0.1, 0.15) is 5.82 Å². The second-order valence-electron chi connectivity index (χ2n) is 8.68. The van der Waals surface area contributed by atoms with Crippen molar-refractivity contribution in [2.24, 2.45) is 0 Å². The van der Waals surface area contributed by atoms with Crippen LogP contribution in [0.3, 0.4) is 0 Å². The fraction of sp³-hybridized carbons (Fsp3) is 0.542. The summed E-state index contributed by atoms with van der Waals surface area (Å²) < 4.78 is 7.55. The number of aromatic nitrogens is 4. The summed E-state index contributed by atoms with van der Waals surface area (Å²) in [5.41, 5.74) is 3.23. The van der Waals surface area contributed by atoms with Crippen LogP contribution in [0.5, 0.6) is 0 Å². The minimum atomic E-state index is 0.233. The van der Waals surface area contributed by atoms with Gasteiger partial charge in [0.25, 0.3) is 0 Å². The molecule has 0 bridgehead atoms. The van der Waals surface area contributed by atoms with Crippen molar-refractivity contribution < 1.29 is 4.74 Å². The monoisotopic (exact) mass is 422 g/mol. The molecule has 31 heavy (non-hydrogen) atoms. The minimum absolute atomic E-state index is 0.233. The normalized spacial score (nSPS) is 14.8. The van der Waals surface area contributed by atoms with Gasteiger partial charge in [-0.1, -0.05) is 31.5 Å². The molecule has 1 aliphatic heterocycles. The van der Waals surface area contributed by atoms with Gasteiger partial charge in [0.05, 0.1) is 24.8 Å². The van der Waals surface area contributed by atoms with E-state index >= 15 is 0 Å². The van der Waals surface area contributed by atoms with Crippen LogP contribution in [-0.2, 0) is 11.3 Å². The summed E-state index contributed by atoms with van der Waals surface area (Å²) in [7, 11) is 2.18. The SMILES string of the molecule is CCCCN(C)Cc1cccc(-c2nc(N3CCOCC3)c3cnn(C(C)C)c3n2)c1. The van der Waals surface area contributed by atoms with E-state index in [2.05, 4.69) is 67.0 Å². The van der Waals surface area contributed by atoms with Gasteiger partial charge in [0, 0.05) is 31.2 Å². The maximum atomic E-state index is 5.56. The van der Waals surface area contributed by atoms with Gasteiger partial charge < -0.3 is 14.5 Å². The van der Waals surface area contributed by atoms with Crippen molar-refractivity contribution in [3.63, 3.8) is 0 Å². The molecule has 0 aliphatic carbocycles. The van der Waals surface area contributed by atoms with Crippen LogP contribution in [0.1, 0.15) is 45.2 Å². The van der Waals surface area contributed by atoms with E-state index in [0.717, 1.165) is 67.6 Å². The van der Waals surface area contributed by atoms with Crippen LogP contribution >= 0.6 is 0 Å². The number of unbranched alkanes of at least 4 members (excludes halogenated alkanes) is 1. The van der Waals surface area contributed by atoms with Gasteiger partial charge in [0.2, 0.25) is 0 Å². The number of morpholine rings is 1. The first-order chi connectivity index (χ1) is 15.1. The van der Waals surface area contributed by atoms with Gasteiger partial charge in [-0.05, 0) is 45.5 Å². The Bertz CT molecular complexity index is 1010. The fourth-order valence-electron chi connectivity index (χ4n) is 4.06. The molecule has 4 rings (SSSR count). The Hall–Kier alpha value is -2.51. The summed E-state index contributed by atoms with van der Waals surface area (Å²) in [6.45, 7) is 11.6. The fourth-order valence-corrected chi connectivity index (χ4v) is 4.06.